The standard InChI is InChI=1S/C26H14N4O2S2/c31-23-21(33-25-27-17-5-1-3-7-19(17)29(23)25)13-15-9-11-16(12-10-15)14-22-24(32)30-20-8-4-2-6-18(20)28-26(30)34-22/h1-14H. The summed E-state index contributed by atoms with van der Waals surface area (Å²) >= 11 is 2.77. The Hall–Kier alpha value is -4.14. The highest BCUT2D eigenvalue weighted by atomic mass is 32.1. The molecule has 6 nitrogen and oxygen atoms in total. The summed E-state index contributed by atoms with van der Waals surface area (Å²) in [4.78, 5) is 36.4. The minimum Gasteiger partial charge on any atom is -0.267 e. The number of nitrogens with zero attached hydrogens (tertiary/aromatic N) is 4. The summed E-state index contributed by atoms with van der Waals surface area (Å²) in [5, 5.41) is 0. The van der Waals surface area contributed by atoms with Crippen molar-refractivity contribution in [2.24, 2.45) is 0 Å². The van der Waals surface area contributed by atoms with Gasteiger partial charge in [-0.1, -0.05) is 71.2 Å². The van der Waals surface area contributed by atoms with Gasteiger partial charge in [0.05, 0.1) is 31.1 Å². The summed E-state index contributed by atoms with van der Waals surface area (Å²) in [7, 11) is 0. The summed E-state index contributed by atoms with van der Waals surface area (Å²) in [5.41, 5.74) is 5.01. The lowest BCUT2D eigenvalue weighted by atomic mass is 10.1. The van der Waals surface area contributed by atoms with E-state index in [1.807, 2.05) is 84.9 Å². The summed E-state index contributed by atoms with van der Waals surface area (Å²) in [6, 6.07) is 23.1. The van der Waals surface area contributed by atoms with Crippen LogP contribution in [0.1, 0.15) is 11.1 Å². The van der Waals surface area contributed by atoms with Crippen LogP contribution < -0.4 is 20.2 Å². The van der Waals surface area contributed by atoms with Crippen LogP contribution in [0.4, 0.5) is 0 Å². The molecule has 0 aliphatic carbocycles. The van der Waals surface area contributed by atoms with E-state index < -0.39 is 0 Å². The van der Waals surface area contributed by atoms with Crippen molar-refractivity contribution in [3.63, 3.8) is 0 Å². The predicted octanol–water partition coefficient (Wildman–Crippen LogP) is 3.23. The SMILES string of the molecule is O=c1c(=Cc2ccc(C=c3sc4nc5ccccc5n4c3=O)cc2)sc2nc3ccccc3n12. The fourth-order valence-corrected chi connectivity index (χ4v) is 6.19. The number of rotatable bonds is 2. The molecule has 162 valence electrons. The zero-order chi connectivity index (χ0) is 22.8. The Labute approximate surface area is 199 Å². The largest absolute Gasteiger partial charge is 0.274 e. The molecule has 0 spiro atoms. The van der Waals surface area contributed by atoms with Crippen LogP contribution in [0.5, 0.6) is 0 Å². The molecule has 0 radical (unpaired) electrons. The molecule has 4 aromatic heterocycles. The average Bonchev–Trinajstić information content (AvgIpc) is 3.56. The van der Waals surface area contributed by atoms with Gasteiger partial charge in [0.25, 0.3) is 11.1 Å². The maximum Gasteiger partial charge on any atom is 0.274 e. The van der Waals surface area contributed by atoms with Gasteiger partial charge in [-0.2, -0.15) is 0 Å². The molecule has 7 rings (SSSR count). The van der Waals surface area contributed by atoms with Crippen LogP contribution in [0.2, 0.25) is 0 Å². The Morgan fingerprint density at radius 1 is 0.588 bits per heavy atom. The second kappa shape index (κ2) is 7.18. The van der Waals surface area contributed by atoms with E-state index in [-0.39, 0.29) is 11.1 Å². The molecule has 0 atom stereocenters. The number of fused-ring (bicyclic) bond motifs is 6. The van der Waals surface area contributed by atoms with Crippen molar-refractivity contribution in [3.8, 4) is 0 Å². The van der Waals surface area contributed by atoms with Crippen LogP contribution in [0.25, 0.3) is 44.1 Å². The second-order valence-corrected chi connectivity index (χ2v) is 9.95. The van der Waals surface area contributed by atoms with Crippen LogP contribution in [-0.2, 0) is 0 Å². The van der Waals surface area contributed by atoms with E-state index in [1.165, 1.54) is 22.7 Å². The van der Waals surface area contributed by atoms with Gasteiger partial charge in [0.15, 0.2) is 9.92 Å². The van der Waals surface area contributed by atoms with Crippen LogP contribution in [0.3, 0.4) is 0 Å². The lowest BCUT2D eigenvalue weighted by Gasteiger charge is -1.94. The Bertz CT molecular complexity index is 1960. The first-order valence-electron chi connectivity index (χ1n) is 10.6. The van der Waals surface area contributed by atoms with E-state index in [0.717, 1.165) is 33.2 Å². The maximum atomic E-state index is 13.0. The van der Waals surface area contributed by atoms with Gasteiger partial charge in [0.1, 0.15) is 0 Å². The lowest BCUT2D eigenvalue weighted by Crippen LogP contribution is -2.22. The first kappa shape index (κ1) is 19.3. The Morgan fingerprint density at radius 2 is 1.00 bits per heavy atom. The summed E-state index contributed by atoms with van der Waals surface area (Å²) in [5.74, 6) is 0. The average molecular weight is 479 g/mol. The van der Waals surface area contributed by atoms with Crippen LogP contribution in [0, 0.1) is 0 Å². The molecule has 7 aromatic rings. The first-order valence-corrected chi connectivity index (χ1v) is 12.2. The Balaban J connectivity index is 1.29. The third-order valence-corrected chi connectivity index (χ3v) is 7.76. The monoisotopic (exact) mass is 478 g/mol. The van der Waals surface area contributed by atoms with Gasteiger partial charge < -0.3 is 0 Å². The highest BCUT2D eigenvalue weighted by Crippen LogP contribution is 2.17. The summed E-state index contributed by atoms with van der Waals surface area (Å²) in [6.07, 6.45) is 3.76. The van der Waals surface area contributed by atoms with E-state index in [1.54, 1.807) is 8.80 Å². The number of aromatic nitrogens is 4. The molecule has 0 fully saturated rings. The first-order chi connectivity index (χ1) is 16.7. The van der Waals surface area contributed by atoms with Crippen LogP contribution in [-0.4, -0.2) is 18.8 Å². The van der Waals surface area contributed by atoms with E-state index >= 15 is 0 Å². The fraction of sp³-hybridized carbons (Fsp3) is 0. The van der Waals surface area contributed by atoms with Crippen molar-refractivity contribution in [2.75, 3.05) is 0 Å². The number of benzene rings is 3. The minimum atomic E-state index is -0.0607. The van der Waals surface area contributed by atoms with E-state index in [2.05, 4.69) is 9.97 Å². The van der Waals surface area contributed by atoms with E-state index in [9.17, 15) is 9.59 Å². The van der Waals surface area contributed by atoms with Gasteiger partial charge in [-0.3, -0.25) is 9.59 Å². The van der Waals surface area contributed by atoms with E-state index in [0.29, 0.717) is 19.0 Å². The molecule has 0 saturated carbocycles. The number of imidazole rings is 2. The fourth-order valence-electron chi connectivity index (χ4n) is 4.22. The molecule has 0 bridgehead atoms. The number of hydrogen-bond acceptors (Lipinski definition) is 6. The zero-order valence-electron chi connectivity index (χ0n) is 17.5. The molecular formula is C26H14N4O2S2. The van der Waals surface area contributed by atoms with Crippen molar-refractivity contribution in [2.45, 2.75) is 0 Å². The van der Waals surface area contributed by atoms with Gasteiger partial charge in [-0.05, 0) is 47.5 Å². The molecule has 0 aliphatic heterocycles. The van der Waals surface area contributed by atoms with Crippen molar-refractivity contribution in [1.29, 1.82) is 0 Å². The highest BCUT2D eigenvalue weighted by Gasteiger charge is 2.11. The van der Waals surface area contributed by atoms with Gasteiger partial charge in [-0.15, -0.1) is 0 Å². The van der Waals surface area contributed by atoms with Crippen molar-refractivity contribution in [3.05, 3.63) is 114 Å². The van der Waals surface area contributed by atoms with Gasteiger partial charge in [0, 0.05) is 0 Å². The Morgan fingerprint density at radius 3 is 1.44 bits per heavy atom. The number of thiazole rings is 2. The molecule has 8 heteroatoms. The predicted molar refractivity (Wildman–Crippen MR) is 138 cm³/mol. The van der Waals surface area contributed by atoms with Gasteiger partial charge in [-0.25, -0.2) is 18.8 Å². The molecule has 0 N–H and O–H groups in total. The Kier molecular flexibility index (Phi) is 4.08. The molecule has 0 unspecified atom stereocenters. The third kappa shape index (κ3) is 2.86. The summed E-state index contributed by atoms with van der Waals surface area (Å²) in [6.45, 7) is 0. The highest BCUT2D eigenvalue weighted by molar-refractivity contribution is 7.15. The molecule has 0 saturated heterocycles. The quantitative estimate of drug-likeness (QED) is 0.383. The summed E-state index contributed by atoms with van der Waals surface area (Å²) < 4.78 is 4.61. The van der Waals surface area contributed by atoms with Crippen molar-refractivity contribution < 1.29 is 0 Å². The van der Waals surface area contributed by atoms with Crippen molar-refractivity contribution in [1.82, 2.24) is 18.8 Å². The van der Waals surface area contributed by atoms with Gasteiger partial charge >= 0.3 is 0 Å². The number of hydrogen-bond donors (Lipinski definition) is 0. The van der Waals surface area contributed by atoms with Crippen LogP contribution >= 0.6 is 22.7 Å². The molecule has 3 aromatic carbocycles. The van der Waals surface area contributed by atoms with Crippen LogP contribution in [0.15, 0.2) is 82.4 Å². The molecule has 0 aliphatic rings. The normalized spacial score (nSPS) is 13.3. The lowest BCUT2D eigenvalue weighted by molar-refractivity contribution is 1.19. The number of para-hydroxylation sites is 4. The molecule has 34 heavy (non-hydrogen) atoms. The molecule has 4 heterocycles. The molecule has 0 amide bonds. The second-order valence-electron chi connectivity index (χ2n) is 7.94. The topological polar surface area (TPSA) is 68.7 Å². The molecular weight excluding hydrogens is 464 g/mol. The minimum absolute atomic E-state index is 0.0607. The smallest absolute Gasteiger partial charge is 0.267 e. The maximum absolute atomic E-state index is 13.0. The van der Waals surface area contributed by atoms with Crippen molar-refractivity contribution >= 4 is 66.8 Å². The zero-order valence-corrected chi connectivity index (χ0v) is 19.1. The van der Waals surface area contributed by atoms with E-state index in [4.69, 9.17) is 0 Å². The third-order valence-electron chi connectivity index (χ3n) is 5.82. The van der Waals surface area contributed by atoms with Gasteiger partial charge in [0.2, 0.25) is 0 Å².